The molecular formula is C18H25NO2. The van der Waals surface area contributed by atoms with Gasteiger partial charge in [0, 0.05) is 17.6 Å². The van der Waals surface area contributed by atoms with E-state index in [1.54, 1.807) is 6.26 Å². The number of nitrogens with one attached hydrogen (secondary N) is 1. The maximum absolute atomic E-state index is 5.80. The van der Waals surface area contributed by atoms with Gasteiger partial charge >= 0.3 is 0 Å². The molecule has 21 heavy (non-hydrogen) atoms. The molecular weight excluding hydrogens is 262 g/mol. The van der Waals surface area contributed by atoms with E-state index in [9.17, 15) is 0 Å². The Morgan fingerprint density at radius 3 is 2.33 bits per heavy atom. The fourth-order valence-electron chi connectivity index (χ4n) is 2.13. The lowest BCUT2D eigenvalue weighted by molar-refractivity contribution is 0.270. The quantitative estimate of drug-likeness (QED) is 0.887. The van der Waals surface area contributed by atoms with Crippen LogP contribution >= 0.6 is 0 Å². The third kappa shape index (κ3) is 5.27. The Hall–Kier alpha value is -1.74. The van der Waals surface area contributed by atoms with Crippen LogP contribution in [0.25, 0.3) is 0 Å². The molecule has 1 N–H and O–H groups in total. The normalized spacial score (nSPS) is 11.7. The molecule has 0 atom stereocenters. The van der Waals surface area contributed by atoms with Crippen molar-refractivity contribution in [2.75, 3.05) is 0 Å². The molecule has 1 heterocycles. The van der Waals surface area contributed by atoms with Crippen LogP contribution in [0.2, 0.25) is 0 Å². The van der Waals surface area contributed by atoms with E-state index in [4.69, 9.17) is 9.15 Å². The lowest BCUT2D eigenvalue weighted by Crippen LogP contribution is -2.34. The van der Waals surface area contributed by atoms with Crippen molar-refractivity contribution in [3.8, 4) is 5.75 Å². The van der Waals surface area contributed by atoms with Crippen molar-refractivity contribution in [3.63, 3.8) is 0 Å². The van der Waals surface area contributed by atoms with E-state index in [1.807, 2.05) is 18.2 Å². The van der Waals surface area contributed by atoms with Crippen LogP contribution in [0.4, 0.5) is 0 Å². The van der Waals surface area contributed by atoms with E-state index >= 15 is 0 Å². The zero-order valence-electron chi connectivity index (χ0n) is 13.6. The van der Waals surface area contributed by atoms with Gasteiger partial charge in [-0.1, -0.05) is 6.07 Å². The zero-order valence-corrected chi connectivity index (χ0v) is 13.6. The summed E-state index contributed by atoms with van der Waals surface area (Å²) in [5, 5.41) is 3.44. The van der Waals surface area contributed by atoms with E-state index in [1.165, 1.54) is 11.1 Å². The van der Waals surface area contributed by atoms with Crippen LogP contribution in [0.1, 0.15) is 43.2 Å². The largest absolute Gasteiger partial charge is 0.486 e. The van der Waals surface area contributed by atoms with E-state index in [0.717, 1.165) is 23.6 Å². The highest BCUT2D eigenvalue weighted by Crippen LogP contribution is 2.18. The summed E-state index contributed by atoms with van der Waals surface area (Å²) in [6.07, 6.45) is 1.79. The molecule has 114 valence electrons. The Bertz CT molecular complexity index is 573. The second-order valence-corrected chi connectivity index (χ2v) is 6.64. The molecule has 3 heteroatoms. The molecule has 2 aromatic rings. The van der Waals surface area contributed by atoms with Crippen LogP contribution in [0.5, 0.6) is 5.75 Å². The molecule has 0 amide bonds. The third-order valence-corrected chi connectivity index (χ3v) is 3.11. The number of rotatable bonds is 5. The van der Waals surface area contributed by atoms with Crippen LogP contribution in [0.3, 0.4) is 0 Å². The van der Waals surface area contributed by atoms with Crippen LogP contribution < -0.4 is 10.1 Å². The molecule has 0 aliphatic heterocycles. The van der Waals surface area contributed by atoms with Gasteiger partial charge < -0.3 is 14.5 Å². The minimum Gasteiger partial charge on any atom is -0.486 e. The van der Waals surface area contributed by atoms with Crippen molar-refractivity contribution < 1.29 is 9.15 Å². The van der Waals surface area contributed by atoms with Gasteiger partial charge in [0.25, 0.3) is 0 Å². The van der Waals surface area contributed by atoms with E-state index < -0.39 is 0 Å². The lowest BCUT2D eigenvalue weighted by atomic mass is 10.1. The first-order valence-corrected chi connectivity index (χ1v) is 7.34. The minimum absolute atomic E-state index is 0.104. The highest BCUT2D eigenvalue weighted by Gasteiger charge is 2.10. The Balaban J connectivity index is 1.90. The molecule has 0 unspecified atom stereocenters. The molecule has 3 nitrogen and oxygen atoms in total. The Morgan fingerprint density at radius 1 is 1.05 bits per heavy atom. The standard InChI is InChI=1S/C18H25NO2/c1-13-6-14(2)8-16(7-13)21-12-17-9-15(11-20-17)10-19-18(3,4)5/h6-9,11,19H,10,12H2,1-5H3. The number of hydrogen-bond donors (Lipinski definition) is 1. The topological polar surface area (TPSA) is 34.4 Å². The molecule has 0 saturated heterocycles. The summed E-state index contributed by atoms with van der Waals surface area (Å²) < 4.78 is 11.3. The van der Waals surface area contributed by atoms with Crippen LogP contribution in [0, 0.1) is 13.8 Å². The fourth-order valence-corrected chi connectivity index (χ4v) is 2.13. The van der Waals surface area contributed by atoms with Crippen LogP contribution in [-0.2, 0) is 13.2 Å². The van der Waals surface area contributed by atoms with Crippen LogP contribution in [-0.4, -0.2) is 5.54 Å². The van der Waals surface area contributed by atoms with Gasteiger partial charge in [-0.15, -0.1) is 0 Å². The van der Waals surface area contributed by atoms with Gasteiger partial charge in [-0.3, -0.25) is 0 Å². The van der Waals surface area contributed by atoms with Gasteiger partial charge in [-0.25, -0.2) is 0 Å². The summed E-state index contributed by atoms with van der Waals surface area (Å²) in [6.45, 7) is 11.9. The summed E-state index contributed by atoms with van der Waals surface area (Å²) in [5.41, 5.74) is 3.66. The maximum atomic E-state index is 5.80. The monoisotopic (exact) mass is 287 g/mol. The predicted molar refractivity (Wildman–Crippen MR) is 85.5 cm³/mol. The van der Waals surface area contributed by atoms with Gasteiger partial charge in [-0.2, -0.15) is 0 Å². The van der Waals surface area contributed by atoms with Gasteiger partial charge in [-0.05, 0) is 63.9 Å². The van der Waals surface area contributed by atoms with Gasteiger partial charge in [0.05, 0.1) is 6.26 Å². The number of aryl methyl sites for hydroxylation is 2. The average molecular weight is 287 g/mol. The molecule has 2 rings (SSSR count). The molecule has 0 aliphatic rings. The molecule has 1 aromatic heterocycles. The zero-order chi connectivity index (χ0) is 15.5. The first-order valence-electron chi connectivity index (χ1n) is 7.34. The highest BCUT2D eigenvalue weighted by atomic mass is 16.5. The van der Waals surface area contributed by atoms with Crippen molar-refractivity contribution in [2.45, 2.75) is 53.3 Å². The lowest BCUT2D eigenvalue weighted by Gasteiger charge is -2.19. The minimum atomic E-state index is 0.104. The molecule has 0 spiro atoms. The molecule has 0 saturated carbocycles. The van der Waals surface area contributed by atoms with Crippen molar-refractivity contribution in [2.24, 2.45) is 0 Å². The second-order valence-electron chi connectivity index (χ2n) is 6.64. The van der Waals surface area contributed by atoms with Crippen molar-refractivity contribution in [3.05, 3.63) is 53.0 Å². The number of hydrogen-bond acceptors (Lipinski definition) is 3. The second kappa shape index (κ2) is 6.35. The maximum Gasteiger partial charge on any atom is 0.146 e. The van der Waals surface area contributed by atoms with Gasteiger partial charge in [0.15, 0.2) is 0 Å². The van der Waals surface area contributed by atoms with E-state index in [2.05, 4.69) is 46.0 Å². The molecule has 0 radical (unpaired) electrons. The van der Waals surface area contributed by atoms with Crippen molar-refractivity contribution >= 4 is 0 Å². The smallest absolute Gasteiger partial charge is 0.146 e. The summed E-state index contributed by atoms with van der Waals surface area (Å²) in [4.78, 5) is 0. The summed E-state index contributed by atoms with van der Waals surface area (Å²) in [7, 11) is 0. The predicted octanol–water partition coefficient (Wildman–Crippen LogP) is 4.36. The first kappa shape index (κ1) is 15.6. The fraction of sp³-hybridized carbons (Fsp3) is 0.444. The Morgan fingerprint density at radius 2 is 1.71 bits per heavy atom. The SMILES string of the molecule is Cc1cc(C)cc(OCc2cc(CNC(C)(C)C)co2)c1. The molecule has 1 aromatic carbocycles. The van der Waals surface area contributed by atoms with Gasteiger partial charge in [0.1, 0.15) is 18.1 Å². The third-order valence-electron chi connectivity index (χ3n) is 3.11. The Labute approximate surface area is 127 Å². The summed E-state index contributed by atoms with van der Waals surface area (Å²) in [6, 6.07) is 8.26. The summed E-state index contributed by atoms with van der Waals surface area (Å²) in [5.74, 6) is 1.73. The Kier molecular flexibility index (Phi) is 4.73. The highest BCUT2D eigenvalue weighted by molar-refractivity contribution is 5.33. The van der Waals surface area contributed by atoms with E-state index in [0.29, 0.717) is 6.61 Å². The molecule has 0 bridgehead atoms. The van der Waals surface area contributed by atoms with Crippen molar-refractivity contribution in [1.29, 1.82) is 0 Å². The van der Waals surface area contributed by atoms with Gasteiger partial charge in [0.2, 0.25) is 0 Å². The van der Waals surface area contributed by atoms with E-state index in [-0.39, 0.29) is 5.54 Å². The number of furan rings is 1. The molecule has 0 fully saturated rings. The number of benzene rings is 1. The van der Waals surface area contributed by atoms with Crippen molar-refractivity contribution in [1.82, 2.24) is 5.32 Å². The molecule has 0 aliphatic carbocycles. The summed E-state index contributed by atoms with van der Waals surface area (Å²) >= 11 is 0. The average Bonchev–Trinajstić information content (AvgIpc) is 2.80. The van der Waals surface area contributed by atoms with Crippen LogP contribution in [0.15, 0.2) is 34.9 Å². The number of ether oxygens (including phenoxy) is 1. The first-order chi connectivity index (χ1) is 9.82.